The Labute approximate surface area is 180 Å². The Morgan fingerprint density at radius 1 is 1.12 bits per heavy atom. The number of benzene rings is 1. The predicted octanol–water partition coefficient (Wildman–Crippen LogP) is 4.62. The van der Waals surface area contributed by atoms with Gasteiger partial charge in [-0.2, -0.15) is 8.78 Å². The number of halogens is 2. The van der Waals surface area contributed by atoms with Gasteiger partial charge in [0, 0.05) is 22.6 Å². The van der Waals surface area contributed by atoms with Crippen LogP contribution in [-0.4, -0.2) is 34.0 Å². The SMILES string of the molecule is Cc1cc(C(=O)C(C)OC(=O)c2ccc([N+](=O)[O-])o2)c(C)n1-c1ccc(OC(F)F)cc1. The van der Waals surface area contributed by atoms with E-state index in [-0.39, 0.29) is 5.75 Å². The van der Waals surface area contributed by atoms with Crippen molar-refractivity contribution in [2.75, 3.05) is 0 Å². The first-order chi connectivity index (χ1) is 15.1. The predicted molar refractivity (Wildman–Crippen MR) is 106 cm³/mol. The van der Waals surface area contributed by atoms with Gasteiger partial charge in [-0.05, 0) is 57.2 Å². The van der Waals surface area contributed by atoms with Crippen molar-refractivity contribution in [2.45, 2.75) is 33.5 Å². The van der Waals surface area contributed by atoms with Gasteiger partial charge in [0.2, 0.25) is 11.5 Å². The van der Waals surface area contributed by atoms with E-state index in [1.807, 2.05) is 0 Å². The fourth-order valence-corrected chi connectivity index (χ4v) is 3.21. The molecule has 11 heteroatoms. The molecule has 3 rings (SSSR count). The van der Waals surface area contributed by atoms with Crippen molar-refractivity contribution in [2.24, 2.45) is 0 Å². The van der Waals surface area contributed by atoms with Crippen molar-refractivity contribution in [3.05, 3.63) is 75.3 Å². The molecule has 2 aromatic heterocycles. The fraction of sp³-hybridized carbons (Fsp3) is 0.238. The van der Waals surface area contributed by atoms with Gasteiger partial charge in [-0.1, -0.05) is 0 Å². The zero-order valence-corrected chi connectivity index (χ0v) is 17.2. The molecule has 9 nitrogen and oxygen atoms in total. The summed E-state index contributed by atoms with van der Waals surface area (Å²) in [7, 11) is 0. The van der Waals surface area contributed by atoms with Crippen LogP contribution in [0.25, 0.3) is 5.69 Å². The molecule has 0 saturated carbocycles. The number of aryl methyl sites for hydroxylation is 1. The molecule has 0 spiro atoms. The van der Waals surface area contributed by atoms with Crippen LogP contribution < -0.4 is 4.74 Å². The van der Waals surface area contributed by atoms with E-state index in [1.165, 1.54) is 19.1 Å². The van der Waals surface area contributed by atoms with Crippen LogP contribution in [0.1, 0.15) is 39.2 Å². The van der Waals surface area contributed by atoms with Gasteiger partial charge in [0.05, 0.1) is 6.07 Å². The topological polar surface area (TPSA) is 114 Å². The van der Waals surface area contributed by atoms with Crippen LogP contribution in [0, 0.1) is 24.0 Å². The third-order valence-electron chi connectivity index (χ3n) is 4.64. The average molecular weight is 448 g/mol. The molecular formula is C21H18F2N2O7. The van der Waals surface area contributed by atoms with Crippen molar-refractivity contribution < 1.29 is 37.2 Å². The van der Waals surface area contributed by atoms with E-state index in [1.54, 1.807) is 36.6 Å². The maximum atomic E-state index is 12.9. The summed E-state index contributed by atoms with van der Waals surface area (Å²) in [5, 5.41) is 10.7. The van der Waals surface area contributed by atoms with Gasteiger partial charge in [-0.15, -0.1) is 0 Å². The number of hydrogen-bond acceptors (Lipinski definition) is 7. The Balaban J connectivity index is 1.78. The smallest absolute Gasteiger partial charge is 0.433 e. The van der Waals surface area contributed by atoms with Crippen molar-refractivity contribution in [3.8, 4) is 11.4 Å². The number of ketones is 1. The van der Waals surface area contributed by atoms with E-state index in [9.17, 15) is 28.5 Å². The number of aromatic nitrogens is 1. The maximum absolute atomic E-state index is 12.9. The largest absolute Gasteiger partial charge is 0.448 e. The fourth-order valence-electron chi connectivity index (χ4n) is 3.21. The highest BCUT2D eigenvalue weighted by atomic mass is 19.3. The Bertz CT molecular complexity index is 1170. The first-order valence-corrected chi connectivity index (χ1v) is 9.32. The summed E-state index contributed by atoms with van der Waals surface area (Å²) in [6.45, 7) is 1.89. The molecule has 1 aromatic carbocycles. The van der Waals surface area contributed by atoms with Gasteiger partial charge < -0.3 is 18.5 Å². The van der Waals surface area contributed by atoms with Crippen molar-refractivity contribution in [1.82, 2.24) is 4.57 Å². The molecule has 1 atom stereocenters. The minimum atomic E-state index is -2.93. The van der Waals surface area contributed by atoms with Crippen LogP contribution >= 0.6 is 0 Å². The van der Waals surface area contributed by atoms with E-state index in [0.29, 0.717) is 22.6 Å². The number of ether oxygens (including phenoxy) is 2. The lowest BCUT2D eigenvalue weighted by atomic mass is 10.1. The highest BCUT2D eigenvalue weighted by Gasteiger charge is 2.27. The van der Waals surface area contributed by atoms with Gasteiger partial charge in [0.15, 0.2) is 6.10 Å². The van der Waals surface area contributed by atoms with E-state index < -0.39 is 41.0 Å². The van der Waals surface area contributed by atoms with Crippen LogP contribution in [0.15, 0.2) is 46.9 Å². The number of Topliss-reactive ketones (excluding diaryl/α,β-unsaturated/α-hetero) is 1. The third kappa shape index (κ3) is 4.66. The quantitative estimate of drug-likeness (QED) is 0.214. The van der Waals surface area contributed by atoms with Gasteiger partial charge in [0.25, 0.3) is 0 Å². The van der Waals surface area contributed by atoms with E-state index in [2.05, 4.69) is 4.74 Å². The van der Waals surface area contributed by atoms with Crippen LogP contribution in [0.3, 0.4) is 0 Å². The Morgan fingerprint density at radius 3 is 2.34 bits per heavy atom. The Kier molecular flexibility index (Phi) is 6.37. The first kappa shape index (κ1) is 22.7. The molecule has 2 heterocycles. The van der Waals surface area contributed by atoms with Crippen LogP contribution in [0.4, 0.5) is 14.7 Å². The molecule has 0 aliphatic heterocycles. The number of furan rings is 1. The molecule has 0 bridgehead atoms. The Morgan fingerprint density at radius 2 is 1.78 bits per heavy atom. The van der Waals surface area contributed by atoms with Crippen LogP contribution in [0.5, 0.6) is 5.75 Å². The highest BCUT2D eigenvalue weighted by molar-refractivity contribution is 6.02. The monoisotopic (exact) mass is 448 g/mol. The molecule has 32 heavy (non-hydrogen) atoms. The van der Waals surface area contributed by atoms with Crippen molar-refractivity contribution in [1.29, 1.82) is 0 Å². The molecule has 3 aromatic rings. The van der Waals surface area contributed by atoms with Crippen LogP contribution in [0.2, 0.25) is 0 Å². The zero-order valence-electron chi connectivity index (χ0n) is 17.2. The lowest BCUT2D eigenvalue weighted by Gasteiger charge is -2.13. The molecule has 0 amide bonds. The number of esters is 1. The van der Waals surface area contributed by atoms with Gasteiger partial charge in [0.1, 0.15) is 10.7 Å². The standard InChI is InChI=1S/C21H18F2N2O7/c1-11-10-16(12(2)24(11)14-4-6-15(7-5-14)31-21(22)23)19(26)13(3)30-20(27)17-8-9-18(32-17)25(28)29/h4-10,13,21H,1-3H3. The second kappa shape index (κ2) is 9.00. The van der Waals surface area contributed by atoms with E-state index >= 15 is 0 Å². The number of carbonyl (C=O) groups excluding carboxylic acids is 2. The van der Waals surface area contributed by atoms with E-state index in [0.717, 1.165) is 12.1 Å². The van der Waals surface area contributed by atoms with E-state index in [4.69, 9.17) is 9.15 Å². The molecular weight excluding hydrogens is 430 g/mol. The minimum absolute atomic E-state index is 0.00112. The summed E-state index contributed by atoms with van der Waals surface area (Å²) in [6.07, 6.45) is -1.19. The summed E-state index contributed by atoms with van der Waals surface area (Å²) in [4.78, 5) is 34.9. The van der Waals surface area contributed by atoms with Crippen LogP contribution in [-0.2, 0) is 4.74 Å². The lowest BCUT2D eigenvalue weighted by Crippen LogP contribution is -2.24. The molecule has 0 aliphatic carbocycles. The maximum Gasteiger partial charge on any atom is 0.433 e. The third-order valence-corrected chi connectivity index (χ3v) is 4.64. The van der Waals surface area contributed by atoms with Crippen molar-refractivity contribution in [3.63, 3.8) is 0 Å². The summed E-state index contributed by atoms with van der Waals surface area (Å²) in [5.74, 6) is -2.52. The number of nitro groups is 1. The molecule has 0 radical (unpaired) electrons. The van der Waals surface area contributed by atoms with Gasteiger partial charge >= 0.3 is 18.5 Å². The zero-order chi connectivity index (χ0) is 23.6. The molecule has 0 fully saturated rings. The second-order valence-electron chi connectivity index (χ2n) is 6.80. The van der Waals surface area contributed by atoms with Crippen molar-refractivity contribution >= 4 is 17.6 Å². The second-order valence-corrected chi connectivity index (χ2v) is 6.80. The normalized spacial score (nSPS) is 11.9. The number of carbonyl (C=O) groups is 2. The average Bonchev–Trinajstić information content (AvgIpc) is 3.33. The summed E-state index contributed by atoms with van der Waals surface area (Å²) >= 11 is 0. The molecule has 1 unspecified atom stereocenters. The number of nitrogens with zero attached hydrogens (tertiary/aromatic N) is 2. The summed E-state index contributed by atoms with van der Waals surface area (Å²) in [6, 6.07) is 9.62. The molecule has 0 saturated heterocycles. The number of alkyl halides is 2. The molecule has 0 N–H and O–H groups in total. The Hall–Kier alpha value is -4.02. The first-order valence-electron chi connectivity index (χ1n) is 9.32. The molecule has 168 valence electrons. The molecule has 0 aliphatic rings. The van der Waals surface area contributed by atoms with Gasteiger partial charge in [-0.25, -0.2) is 4.79 Å². The summed E-state index contributed by atoms with van der Waals surface area (Å²) in [5.41, 5.74) is 2.15. The summed E-state index contributed by atoms with van der Waals surface area (Å²) < 4.78 is 40.6. The van der Waals surface area contributed by atoms with Gasteiger partial charge in [-0.3, -0.25) is 14.9 Å². The number of hydrogen-bond donors (Lipinski definition) is 0. The lowest BCUT2D eigenvalue weighted by molar-refractivity contribution is -0.402. The number of rotatable bonds is 8. The highest BCUT2D eigenvalue weighted by Crippen LogP contribution is 2.25. The minimum Gasteiger partial charge on any atom is -0.448 e.